The lowest BCUT2D eigenvalue weighted by molar-refractivity contribution is 0.682. The van der Waals surface area contributed by atoms with Gasteiger partial charge in [0, 0.05) is 13.1 Å². The summed E-state index contributed by atoms with van der Waals surface area (Å²) in [5.41, 5.74) is 1.28. The molecule has 0 aliphatic carbocycles. The first-order valence-corrected chi connectivity index (χ1v) is 8.76. The zero-order valence-electron chi connectivity index (χ0n) is 12.9. The Labute approximate surface area is 127 Å². The third-order valence-corrected chi connectivity index (χ3v) is 3.72. The summed E-state index contributed by atoms with van der Waals surface area (Å²) >= 11 is 1.90. The van der Waals surface area contributed by atoms with Crippen molar-refractivity contribution in [2.75, 3.05) is 25.1 Å². The number of aliphatic imine (C=N–C) groups is 1. The van der Waals surface area contributed by atoms with Gasteiger partial charge >= 0.3 is 0 Å². The van der Waals surface area contributed by atoms with Gasteiger partial charge in [-0.1, -0.05) is 30.3 Å². The molecule has 0 amide bonds. The Morgan fingerprint density at radius 2 is 2.00 bits per heavy atom. The Hall–Kier alpha value is -1.16. The van der Waals surface area contributed by atoms with Gasteiger partial charge in [0.1, 0.15) is 0 Å². The molecule has 20 heavy (non-hydrogen) atoms. The lowest BCUT2D eigenvalue weighted by atomic mass is 10.1. The molecule has 0 radical (unpaired) electrons. The zero-order valence-corrected chi connectivity index (χ0v) is 13.7. The van der Waals surface area contributed by atoms with E-state index in [4.69, 9.17) is 0 Å². The number of thioether (sulfide) groups is 1. The van der Waals surface area contributed by atoms with Gasteiger partial charge in [-0.2, -0.15) is 11.8 Å². The SMILES string of the molecule is CCNC(=NCCCCSC)NC(C)c1ccccc1. The molecule has 1 atom stereocenters. The fourth-order valence-corrected chi connectivity index (χ4v) is 2.39. The number of nitrogens with one attached hydrogen (secondary N) is 2. The lowest BCUT2D eigenvalue weighted by Gasteiger charge is -2.18. The van der Waals surface area contributed by atoms with Gasteiger partial charge in [-0.15, -0.1) is 0 Å². The van der Waals surface area contributed by atoms with Crippen molar-refractivity contribution in [2.24, 2.45) is 4.99 Å². The predicted molar refractivity (Wildman–Crippen MR) is 91.6 cm³/mol. The minimum absolute atomic E-state index is 0.264. The summed E-state index contributed by atoms with van der Waals surface area (Å²) in [6.07, 6.45) is 4.53. The van der Waals surface area contributed by atoms with Crippen molar-refractivity contribution in [3.05, 3.63) is 35.9 Å². The Balaban J connectivity index is 2.47. The molecule has 0 aliphatic heterocycles. The Kier molecular flexibility index (Phi) is 8.96. The van der Waals surface area contributed by atoms with E-state index in [1.807, 2.05) is 17.8 Å². The first kappa shape index (κ1) is 16.9. The monoisotopic (exact) mass is 293 g/mol. The van der Waals surface area contributed by atoms with Gasteiger partial charge in [-0.05, 0) is 44.3 Å². The molecule has 1 unspecified atom stereocenters. The van der Waals surface area contributed by atoms with Gasteiger partial charge in [0.25, 0.3) is 0 Å². The van der Waals surface area contributed by atoms with Crippen LogP contribution in [0.5, 0.6) is 0 Å². The normalized spacial score (nSPS) is 13.1. The fraction of sp³-hybridized carbons (Fsp3) is 0.562. The molecule has 4 heteroatoms. The van der Waals surface area contributed by atoms with E-state index in [1.54, 1.807) is 0 Å². The first-order valence-electron chi connectivity index (χ1n) is 7.36. The van der Waals surface area contributed by atoms with Crippen LogP contribution in [0.15, 0.2) is 35.3 Å². The molecule has 0 fully saturated rings. The molecule has 0 aliphatic rings. The maximum atomic E-state index is 4.64. The molecule has 0 saturated heterocycles. The number of benzene rings is 1. The van der Waals surface area contributed by atoms with Crippen LogP contribution < -0.4 is 10.6 Å². The van der Waals surface area contributed by atoms with Crippen molar-refractivity contribution in [3.63, 3.8) is 0 Å². The summed E-state index contributed by atoms with van der Waals surface area (Å²) in [7, 11) is 0. The number of unbranched alkanes of at least 4 members (excludes halogenated alkanes) is 1. The molecule has 0 aromatic heterocycles. The maximum Gasteiger partial charge on any atom is 0.191 e. The fourth-order valence-electron chi connectivity index (χ4n) is 1.90. The standard InChI is InChI=1S/C16H27N3S/c1-4-17-16(18-12-8-9-13-20-3)19-14(2)15-10-6-5-7-11-15/h5-7,10-11,14H,4,8-9,12-13H2,1-3H3,(H2,17,18,19). The van der Waals surface area contributed by atoms with Crippen LogP contribution >= 0.6 is 11.8 Å². The van der Waals surface area contributed by atoms with Crippen molar-refractivity contribution in [2.45, 2.75) is 32.7 Å². The quantitative estimate of drug-likeness (QED) is 0.438. The van der Waals surface area contributed by atoms with Crippen LogP contribution in [0.1, 0.15) is 38.3 Å². The average Bonchev–Trinajstić information content (AvgIpc) is 2.48. The largest absolute Gasteiger partial charge is 0.357 e. The number of hydrogen-bond acceptors (Lipinski definition) is 2. The minimum Gasteiger partial charge on any atom is -0.357 e. The van der Waals surface area contributed by atoms with E-state index in [0.29, 0.717) is 0 Å². The molecular weight excluding hydrogens is 266 g/mol. The molecule has 2 N–H and O–H groups in total. The van der Waals surface area contributed by atoms with Gasteiger partial charge in [-0.25, -0.2) is 0 Å². The molecule has 0 heterocycles. The number of nitrogens with zero attached hydrogens (tertiary/aromatic N) is 1. The van der Waals surface area contributed by atoms with E-state index in [9.17, 15) is 0 Å². The van der Waals surface area contributed by atoms with Gasteiger partial charge in [-0.3, -0.25) is 4.99 Å². The lowest BCUT2D eigenvalue weighted by Crippen LogP contribution is -2.38. The van der Waals surface area contributed by atoms with Crippen molar-refractivity contribution in [3.8, 4) is 0 Å². The second-order valence-electron chi connectivity index (χ2n) is 4.74. The van der Waals surface area contributed by atoms with Gasteiger partial charge in [0.15, 0.2) is 5.96 Å². The third-order valence-electron chi connectivity index (χ3n) is 3.02. The van der Waals surface area contributed by atoms with E-state index in [2.05, 4.69) is 60.0 Å². The maximum absolute atomic E-state index is 4.64. The Morgan fingerprint density at radius 3 is 2.65 bits per heavy atom. The van der Waals surface area contributed by atoms with Crippen LogP contribution in [-0.4, -0.2) is 31.1 Å². The second kappa shape index (κ2) is 10.6. The van der Waals surface area contributed by atoms with Gasteiger partial charge < -0.3 is 10.6 Å². The molecule has 1 rings (SSSR count). The Bertz CT molecular complexity index is 379. The van der Waals surface area contributed by atoms with Crippen molar-refractivity contribution >= 4 is 17.7 Å². The number of hydrogen-bond donors (Lipinski definition) is 2. The molecule has 0 spiro atoms. The highest BCUT2D eigenvalue weighted by Gasteiger charge is 2.06. The van der Waals surface area contributed by atoms with Crippen LogP contribution in [0.4, 0.5) is 0 Å². The molecule has 0 saturated carbocycles. The molecule has 3 nitrogen and oxygen atoms in total. The zero-order chi connectivity index (χ0) is 14.6. The summed E-state index contributed by atoms with van der Waals surface area (Å²) in [5, 5.41) is 6.77. The Morgan fingerprint density at radius 1 is 1.25 bits per heavy atom. The highest BCUT2D eigenvalue weighted by molar-refractivity contribution is 7.98. The summed E-state index contributed by atoms with van der Waals surface area (Å²) in [4.78, 5) is 4.64. The smallest absolute Gasteiger partial charge is 0.191 e. The van der Waals surface area contributed by atoms with E-state index >= 15 is 0 Å². The molecular formula is C16H27N3S. The summed E-state index contributed by atoms with van der Waals surface area (Å²) in [6.45, 7) is 6.03. The van der Waals surface area contributed by atoms with E-state index in [0.717, 1.165) is 25.5 Å². The van der Waals surface area contributed by atoms with Crippen molar-refractivity contribution < 1.29 is 0 Å². The van der Waals surface area contributed by atoms with Crippen LogP contribution in [0.25, 0.3) is 0 Å². The van der Waals surface area contributed by atoms with Crippen LogP contribution in [0.2, 0.25) is 0 Å². The summed E-state index contributed by atoms with van der Waals surface area (Å²) in [5.74, 6) is 2.13. The van der Waals surface area contributed by atoms with Crippen molar-refractivity contribution in [1.29, 1.82) is 0 Å². The third kappa shape index (κ3) is 6.85. The first-order chi connectivity index (χ1) is 9.77. The highest BCUT2D eigenvalue weighted by Crippen LogP contribution is 2.10. The van der Waals surface area contributed by atoms with E-state index in [-0.39, 0.29) is 6.04 Å². The second-order valence-corrected chi connectivity index (χ2v) is 5.72. The van der Waals surface area contributed by atoms with Gasteiger partial charge in [0.05, 0.1) is 6.04 Å². The number of guanidine groups is 1. The molecule has 1 aromatic carbocycles. The number of rotatable bonds is 8. The molecule has 0 bridgehead atoms. The van der Waals surface area contributed by atoms with Crippen molar-refractivity contribution in [1.82, 2.24) is 10.6 Å². The van der Waals surface area contributed by atoms with E-state index in [1.165, 1.54) is 17.7 Å². The van der Waals surface area contributed by atoms with Crippen LogP contribution in [0, 0.1) is 0 Å². The summed E-state index contributed by atoms with van der Waals surface area (Å²) in [6, 6.07) is 10.7. The van der Waals surface area contributed by atoms with Crippen LogP contribution in [-0.2, 0) is 0 Å². The predicted octanol–water partition coefficient (Wildman–Crippen LogP) is 3.45. The van der Waals surface area contributed by atoms with E-state index < -0.39 is 0 Å². The van der Waals surface area contributed by atoms with Gasteiger partial charge in [0.2, 0.25) is 0 Å². The molecule has 112 valence electrons. The summed E-state index contributed by atoms with van der Waals surface area (Å²) < 4.78 is 0. The topological polar surface area (TPSA) is 36.4 Å². The minimum atomic E-state index is 0.264. The van der Waals surface area contributed by atoms with Crippen LogP contribution in [0.3, 0.4) is 0 Å². The average molecular weight is 293 g/mol. The highest BCUT2D eigenvalue weighted by atomic mass is 32.2. The molecule has 1 aromatic rings.